The van der Waals surface area contributed by atoms with Crippen LogP contribution in [0.2, 0.25) is 0 Å². The van der Waals surface area contributed by atoms with Gasteiger partial charge in [-0.25, -0.2) is 14.6 Å². The monoisotopic (exact) mass is 910 g/mol. The fourth-order valence-electron chi connectivity index (χ4n) is 6.82. The van der Waals surface area contributed by atoms with E-state index in [1.165, 1.54) is 4.90 Å². The van der Waals surface area contributed by atoms with Gasteiger partial charge in [-0.3, -0.25) is 24.8 Å². The molecule has 20 heteroatoms. The third-order valence-electron chi connectivity index (χ3n) is 9.93. The van der Waals surface area contributed by atoms with Crippen LogP contribution in [-0.4, -0.2) is 116 Å². The van der Waals surface area contributed by atoms with Gasteiger partial charge in [0.05, 0.1) is 11.3 Å². The summed E-state index contributed by atoms with van der Waals surface area (Å²) in [4.78, 5) is 71.6. The zero-order chi connectivity index (χ0) is 48.9. The van der Waals surface area contributed by atoms with E-state index >= 15 is 0 Å². The summed E-state index contributed by atoms with van der Waals surface area (Å²) in [7, 11) is 5.64. The van der Waals surface area contributed by atoms with E-state index in [0.29, 0.717) is 46.6 Å². The van der Waals surface area contributed by atoms with E-state index in [4.69, 9.17) is 48.7 Å². The number of carboxylic acids is 1. The van der Waals surface area contributed by atoms with E-state index in [-0.39, 0.29) is 43.8 Å². The number of carboxylic acid groups (broad SMARTS) is 1. The van der Waals surface area contributed by atoms with Gasteiger partial charge in [0, 0.05) is 38.8 Å². The highest BCUT2D eigenvalue weighted by molar-refractivity contribution is 6.00. The van der Waals surface area contributed by atoms with Crippen LogP contribution in [0.5, 0.6) is 11.5 Å². The molecule has 66 heavy (non-hydrogen) atoms. The molecule has 3 atom stereocenters. The normalized spacial score (nSPS) is 12.0. The van der Waals surface area contributed by atoms with Crippen molar-refractivity contribution in [2.45, 2.75) is 51.5 Å². The van der Waals surface area contributed by atoms with E-state index in [2.05, 4.69) is 39.4 Å². The van der Waals surface area contributed by atoms with E-state index in [1.54, 1.807) is 55.6 Å². The number of fused-ring (bicyclic) bond motifs is 1. The molecule has 0 radical (unpaired) electrons. The number of hydrogen-bond donors (Lipinski definition) is 9. The maximum Gasteiger partial charge on any atom is 0.415 e. The average molecular weight is 911 g/mol. The number of benzene rings is 4. The molecule has 4 aromatic carbocycles. The summed E-state index contributed by atoms with van der Waals surface area (Å²) in [6, 6.07) is 23.6. The third-order valence-corrected chi connectivity index (χ3v) is 9.93. The molecular weight excluding hydrogens is 849 g/mol. The number of ether oxygens (including phenoxy) is 2. The molecule has 0 saturated heterocycles. The molecule has 354 valence electrons. The summed E-state index contributed by atoms with van der Waals surface area (Å²) in [5.41, 5.74) is 29.4. The van der Waals surface area contributed by atoms with Gasteiger partial charge >= 0.3 is 18.0 Å². The molecule has 4 rings (SSSR count). The Morgan fingerprint density at radius 2 is 1.47 bits per heavy atom. The molecule has 4 aromatic rings. The third kappa shape index (κ3) is 18.2. The van der Waals surface area contributed by atoms with Crippen LogP contribution in [-0.2, 0) is 14.4 Å². The van der Waals surface area contributed by atoms with Crippen molar-refractivity contribution in [3.8, 4) is 11.5 Å². The summed E-state index contributed by atoms with van der Waals surface area (Å²) in [5.74, 6) is -1.65. The van der Waals surface area contributed by atoms with Crippen LogP contribution in [0.1, 0.15) is 66.9 Å². The van der Waals surface area contributed by atoms with Gasteiger partial charge in [0.1, 0.15) is 29.8 Å². The van der Waals surface area contributed by atoms with Crippen LogP contribution in [0.15, 0.2) is 94.9 Å². The molecule has 0 aliphatic rings. The van der Waals surface area contributed by atoms with Gasteiger partial charge in [0.25, 0.3) is 0 Å². The minimum atomic E-state index is -1.31. The zero-order valence-electron chi connectivity index (χ0n) is 38.0. The van der Waals surface area contributed by atoms with Crippen molar-refractivity contribution in [1.82, 2.24) is 20.4 Å². The first-order valence-corrected chi connectivity index (χ1v) is 21.1. The first-order valence-electron chi connectivity index (χ1n) is 21.1. The van der Waals surface area contributed by atoms with Gasteiger partial charge < -0.3 is 63.7 Å². The Kier molecular flexibility index (Phi) is 20.8. The number of likely N-dealkylation sites (N-methyl/N-ethyl adjacent to an activating group) is 1. The van der Waals surface area contributed by atoms with E-state index in [1.807, 2.05) is 50.5 Å². The minimum absolute atomic E-state index is 0.00609. The van der Waals surface area contributed by atoms with Crippen LogP contribution >= 0.6 is 0 Å². The lowest BCUT2D eigenvalue weighted by Gasteiger charge is -2.26. The maximum atomic E-state index is 12.7. The van der Waals surface area contributed by atoms with Gasteiger partial charge in [-0.1, -0.05) is 44.2 Å². The molecular formula is C46H62N12O8. The van der Waals surface area contributed by atoms with Crippen molar-refractivity contribution in [3.05, 3.63) is 102 Å². The maximum absolute atomic E-state index is 12.7. The van der Waals surface area contributed by atoms with Gasteiger partial charge in [-0.05, 0) is 116 Å². The lowest BCUT2D eigenvalue weighted by atomic mass is 9.85. The molecule has 20 nitrogen and oxygen atoms in total. The van der Waals surface area contributed by atoms with Crippen molar-refractivity contribution in [3.63, 3.8) is 0 Å². The Morgan fingerprint density at radius 3 is 2.09 bits per heavy atom. The summed E-state index contributed by atoms with van der Waals surface area (Å²) < 4.78 is 11.0. The van der Waals surface area contributed by atoms with Crippen molar-refractivity contribution in [2.75, 3.05) is 47.3 Å². The number of esters is 1. The van der Waals surface area contributed by atoms with Crippen LogP contribution in [0, 0.1) is 11.3 Å². The minimum Gasteiger partial charge on any atom is -0.481 e. The molecule has 14 N–H and O–H groups in total. The number of amidine groups is 1. The fourth-order valence-corrected chi connectivity index (χ4v) is 6.82. The number of guanidine groups is 2. The topological polar surface area (TPSA) is 333 Å². The Hall–Kier alpha value is -7.74. The second-order valence-corrected chi connectivity index (χ2v) is 15.7. The Labute approximate surface area is 384 Å². The van der Waals surface area contributed by atoms with Crippen molar-refractivity contribution >= 4 is 64.1 Å². The highest BCUT2D eigenvalue weighted by Gasteiger charge is 2.23. The van der Waals surface area contributed by atoms with Crippen LogP contribution < -0.4 is 48.8 Å². The highest BCUT2D eigenvalue weighted by Crippen LogP contribution is 2.31. The number of nitrogen functional groups attached to an aromatic ring is 1. The smallest absolute Gasteiger partial charge is 0.415 e. The molecule has 0 unspecified atom stereocenters. The lowest BCUT2D eigenvalue weighted by molar-refractivity contribution is -0.141. The zero-order valence-corrected chi connectivity index (χ0v) is 38.0. The fraction of sp³-hybridized carbons (Fsp3) is 0.348. The quantitative estimate of drug-likeness (QED) is 0.0145. The van der Waals surface area contributed by atoms with Crippen molar-refractivity contribution in [2.24, 2.45) is 44.6 Å². The van der Waals surface area contributed by atoms with Crippen LogP contribution in [0.3, 0.4) is 0 Å². The number of rotatable bonds is 21. The highest BCUT2D eigenvalue weighted by atomic mass is 16.6. The number of amides is 3. The second-order valence-electron chi connectivity index (χ2n) is 15.7. The molecule has 0 aliphatic heterocycles. The van der Waals surface area contributed by atoms with E-state index in [9.17, 15) is 24.0 Å². The molecule has 0 heterocycles. The number of aliphatic imine (C=N–C) groups is 2. The number of nitrogens with zero attached hydrogens (tertiary/aromatic N) is 4. The predicted octanol–water partition coefficient (Wildman–Crippen LogP) is 3.19. The molecule has 0 saturated carbocycles. The molecule has 0 bridgehead atoms. The largest absolute Gasteiger partial charge is 0.481 e. The van der Waals surface area contributed by atoms with Gasteiger partial charge in [0.2, 0.25) is 11.8 Å². The number of aliphatic carboxylic acids is 1. The predicted molar refractivity (Wildman–Crippen MR) is 255 cm³/mol. The first kappa shape index (κ1) is 52.6. The lowest BCUT2D eigenvalue weighted by Crippen LogP contribution is -2.48. The van der Waals surface area contributed by atoms with Crippen LogP contribution in [0.4, 0.5) is 10.5 Å². The molecule has 3 amide bonds. The van der Waals surface area contributed by atoms with E-state index in [0.717, 1.165) is 29.3 Å². The number of carbonyl (C=O) groups excluding carboxylic acids is 4. The molecule has 0 aromatic heterocycles. The summed E-state index contributed by atoms with van der Waals surface area (Å²) in [6.45, 7) is 5.77. The average Bonchev–Trinajstić information content (AvgIpc) is 3.24. The molecule has 0 fully saturated rings. The van der Waals surface area contributed by atoms with Crippen molar-refractivity contribution < 1.29 is 38.6 Å². The first-order chi connectivity index (χ1) is 31.3. The standard InChI is InChI=1S/C27H45N7O6.C19H17N5O2/c1-6-21(18(2)17-33(3)4)19-9-7-10-20(15-19)40-27(39)34(5)14-13-30-25(38)22(11-8-12-31-26(28)29)32-23(35)16-24(36)37;20-17(21)14-2-1-13-10-16(8-5-12(13)9-14)26-18(25)11-3-6-15(7-4-11)24-19(22)23/h7,9-10,15,18,21-22H,6,8,11-14,16-17H2,1-5H3,(H,30,38)(H,32,35)(H,36,37)(H4,28,29,31);1-10H,(H3,20,21)(H4,22,23,24)/t18-,21+,22-;/m0./s1. The number of nitrogens with two attached hydrogens (primary N) is 5. The van der Waals surface area contributed by atoms with E-state index < -0.39 is 42.3 Å². The summed E-state index contributed by atoms with van der Waals surface area (Å²) >= 11 is 0. The van der Waals surface area contributed by atoms with Gasteiger partial charge in [0.15, 0.2) is 11.9 Å². The number of nitrogens with one attached hydrogen (secondary N) is 3. The van der Waals surface area contributed by atoms with Gasteiger partial charge in [-0.2, -0.15) is 0 Å². The summed E-state index contributed by atoms with van der Waals surface area (Å²) in [5, 5.41) is 23.2. The number of carbonyl (C=O) groups is 5. The van der Waals surface area contributed by atoms with Crippen molar-refractivity contribution in [1.29, 1.82) is 5.41 Å². The summed E-state index contributed by atoms with van der Waals surface area (Å²) in [6.07, 6.45) is 0.179. The molecule has 0 spiro atoms. The van der Waals surface area contributed by atoms with Gasteiger partial charge in [-0.15, -0.1) is 0 Å². The molecule has 0 aliphatic carbocycles. The Morgan fingerprint density at radius 1 is 0.818 bits per heavy atom. The SMILES string of the molecule is CC[C@@H](c1cccc(OC(=O)N(C)CCNC(=O)[C@H](CCCN=C(N)N)NC(=O)CC(=O)O)c1)[C@@H](C)CN(C)C.N=C(N)c1ccc2cc(OC(=O)c3ccc(N=C(N)N)cc3)ccc2c1. The number of hydrogen-bond acceptors (Lipinski definition) is 11. The second kappa shape index (κ2) is 26.1. The Bertz CT molecular complexity index is 2360. The Balaban J connectivity index is 0.000000381. The van der Waals surface area contributed by atoms with Crippen LogP contribution in [0.25, 0.3) is 10.8 Å².